The van der Waals surface area contributed by atoms with Crippen LogP contribution in [-0.2, 0) is 17.9 Å². The van der Waals surface area contributed by atoms with Gasteiger partial charge in [0.15, 0.2) is 0 Å². The maximum atomic E-state index is 13.5. The predicted octanol–water partition coefficient (Wildman–Crippen LogP) is 5.01. The van der Waals surface area contributed by atoms with E-state index in [0.29, 0.717) is 48.3 Å². The van der Waals surface area contributed by atoms with Gasteiger partial charge < -0.3 is 25.0 Å². The van der Waals surface area contributed by atoms with E-state index >= 15 is 0 Å². The number of fused-ring (bicyclic) bond motifs is 1. The van der Waals surface area contributed by atoms with E-state index in [1.807, 2.05) is 52.2 Å². The molecule has 5 aromatic rings. The number of aliphatic hydroxyl groups is 1. The molecule has 1 aliphatic heterocycles. The van der Waals surface area contributed by atoms with E-state index in [1.54, 1.807) is 24.3 Å². The minimum atomic E-state index is -0.600. The molecule has 2 aromatic heterocycles. The van der Waals surface area contributed by atoms with E-state index in [0.717, 1.165) is 34.3 Å². The summed E-state index contributed by atoms with van der Waals surface area (Å²) in [5.74, 6) is 0.783. The number of rotatable bonds is 10. The molecule has 1 amide bonds. The second kappa shape index (κ2) is 12.8. The van der Waals surface area contributed by atoms with Crippen LogP contribution < -0.4 is 15.4 Å². The van der Waals surface area contributed by atoms with Gasteiger partial charge in [0, 0.05) is 49.6 Å². The average Bonchev–Trinajstić information content (AvgIpc) is 3.45. The number of carbonyl (C=O) groups is 1. The molecule has 0 spiro atoms. The molecule has 3 heterocycles. The van der Waals surface area contributed by atoms with Crippen LogP contribution in [0, 0.1) is 5.82 Å². The summed E-state index contributed by atoms with van der Waals surface area (Å²) in [6.45, 7) is 2.70. The van der Waals surface area contributed by atoms with Gasteiger partial charge in [0.25, 0.3) is 0 Å². The number of nitrogens with zero attached hydrogens (tertiary/aromatic N) is 4. The Morgan fingerprint density at radius 1 is 1.07 bits per heavy atom. The number of hydrogen-bond acceptors (Lipinski definition) is 7. The molecule has 43 heavy (non-hydrogen) atoms. The lowest BCUT2D eigenvalue weighted by Gasteiger charge is -2.28. The van der Waals surface area contributed by atoms with Gasteiger partial charge in [-0.15, -0.1) is 0 Å². The molecule has 6 rings (SSSR count). The zero-order valence-electron chi connectivity index (χ0n) is 23.2. The highest BCUT2D eigenvalue weighted by molar-refractivity contribution is 6.32. The Kier molecular flexibility index (Phi) is 8.50. The molecule has 0 radical (unpaired) electrons. The fourth-order valence-electron chi connectivity index (χ4n) is 5.13. The first-order valence-corrected chi connectivity index (χ1v) is 14.3. The van der Waals surface area contributed by atoms with E-state index in [-0.39, 0.29) is 18.3 Å². The molecule has 3 N–H and O–H groups in total. The molecular formula is C32H30ClFN6O3. The lowest BCUT2D eigenvalue weighted by Crippen LogP contribution is -2.50. The summed E-state index contributed by atoms with van der Waals surface area (Å²) in [5.41, 5.74) is 4.18. The Bertz CT molecular complexity index is 1760. The zero-order chi connectivity index (χ0) is 29.8. The smallest absolute Gasteiger partial charge is 0.234 e. The predicted molar refractivity (Wildman–Crippen MR) is 164 cm³/mol. The summed E-state index contributed by atoms with van der Waals surface area (Å²) >= 11 is 6.50. The zero-order valence-corrected chi connectivity index (χ0v) is 24.0. The number of anilines is 2. The molecule has 1 unspecified atom stereocenters. The van der Waals surface area contributed by atoms with Crippen molar-refractivity contribution in [1.29, 1.82) is 0 Å². The lowest BCUT2D eigenvalue weighted by atomic mass is 10.1. The molecule has 0 bridgehead atoms. The van der Waals surface area contributed by atoms with Crippen molar-refractivity contribution >= 4 is 39.9 Å². The van der Waals surface area contributed by atoms with E-state index < -0.39 is 6.10 Å². The van der Waals surface area contributed by atoms with Gasteiger partial charge in [0.1, 0.15) is 30.3 Å². The quantitative estimate of drug-likeness (QED) is 0.207. The Labute approximate surface area is 252 Å². The number of amides is 1. The highest BCUT2D eigenvalue weighted by Crippen LogP contribution is 2.32. The van der Waals surface area contributed by atoms with E-state index in [4.69, 9.17) is 16.3 Å². The number of hydrogen-bond donors (Lipinski definition) is 3. The van der Waals surface area contributed by atoms with Crippen LogP contribution >= 0.6 is 11.6 Å². The molecule has 3 aromatic carbocycles. The second-order valence-corrected chi connectivity index (χ2v) is 10.9. The number of aromatic nitrogens is 3. The van der Waals surface area contributed by atoms with Gasteiger partial charge in [-0.2, -0.15) is 0 Å². The fourth-order valence-corrected chi connectivity index (χ4v) is 5.36. The molecule has 9 nitrogen and oxygen atoms in total. The standard InChI is InChI=1S/C32H30ClFN6O3/c33-28-14-25(5-7-30(28)43-19-21-2-1-3-24(34)12-21)38-32-27-13-22(4-6-29(27)36-20-37-32)23-8-10-39(15-23)16-26(41)17-40-11-9-35-31(42)18-40/h1-8,10,12-15,20,26,41H,9,11,16-19H2,(H,35,42)(H,36,37,38). The number of β-amino-alcohol motifs (C(OH)–C–C–N with tert-alkyl or cyclic N) is 1. The van der Waals surface area contributed by atoms with Crippen LogP contribution in [0.25, 0.3) is 22.0 Å². The van der Waals surface area contributed by atoms with Gasteiger partial charge in [0.2, 0.25) is 5.91 Å². The fraction of sp³-hybridized carbons (Fsp3) is 0.219. The highest BCUT2D eigenvalue weighted by Gasteiger charge is 2.19. The Balaban J connectivity index is 1.14. The summed E-state index contributed by atoms with van der Waals surface area (Å²) in [6.07, 6.45) is 4.84. The lowest BCUT2D eigenvalue weighted by molar-refractivity contribution is -0.124. The Morgan fingerprint density at radius 3 is 2.81 bits per heavy atom. The SMILES string of the molecule is O=C1CN(CC(O)Cn2ccc(-c3ccc4ncnc(Nc5ccc(OCc6cccc(F)c6)c(Cl)c5)c4c3)c2)CCN1. The molecule has 1 fully saturated rings. The normalized spacial score (nSPS) is 14.4. The molecule has 0 aliphatic carbocycles. The van der Waals surface area contributed by atoms with Crippen LogP contribution in [0.1, 0.15) is 5.56 Å². The number of nitrogens with one attached hydrogen (secondary N) is 2. The number of carbonyl (C=O) groups excluding carboxylic acids is 1. The van der Waals surface area contributed by atoms with Gasteiger partial charge in [-0.05, 0) is 65.2 Å². The van der Waals surface area contributed by atoms with Crippen LogP contribution in [0.5, 0.6) is 5.75 Å². The number of halogens is 2. The summed E-state index contributed by atoms with van der Waals surface area (Å²) in [6, 6.07) is 19.6. The van der Waals surface area contributed by atoms with Crippen molar-refractivity contribution in [3.63, 3.8) is 0 Å². The van der Waals surface area contributed by atoms with Crippen LogP contribution in [-0.4, -0.2) is 62.7 Å². The van der Waals surface area contributed by atoms with Crippen LogP contribution in [0.15, 0.2) is 85.5 Å². The van der Waals surface area contributed by atoms with E-state index in [1.165, 1.54) is 18.5 Å². The Morgan fingerprint density at radius 2 is 1.98 bits per heavy atom. The van der Waals surface area contributed by atoms with Gasteiger partial charge in [-0.3, -0.25) is 9.69 Å². The van der Waals surface area contributed by atoms with Crippen molar-refractivity contribution in [3.8, 4) is 16.9 Å². The topological polar surface area (TPSA) is 105 Å². The van der Waals surface area contributed by atoms with E-state index in [2.05, 4.69) is 20.6 Å². The first-order chi connectivity index (χ1) is 20.9. The monoisotopic (exact) mass is 600 g/mol. The largest absolute Gasteiger partial charge is 0.487 e. The van der Waals surface area contributed by atoms with Gasteiger partial charge in [0.05, 0.1) is 23.2 Å². The molecule has 220 valence electrons. The van der Waals surface area contributed by atoms with Gasteiger partial charge >= 0.3 is 0 Å². The minimum absolute atomic E-state index is 0.0115. The highest BCUT2D eigenvalue weighted by atomic mass is 35.5. The molecule has 1 aliphatic rings. The second-order valence-electron chi connectivity index (χ2n) is 10.5. The number of aliphatic hydroxyl groups excluding tert-OH is 1. The summed E-state index contributed by atoms with van der Waals surface area (Å²) in [7, 11) is 0. The number of benzene rings is 3. The average molecular weight is 601 g/mol. The first kappa shape index (κ1) is 28.6. The maximum Gasteiger partial charge on any atom is 0.234 e. The molecule has 1 saturated heterocycles. The summed E-state index contributed by atoms with van der Waals surface area (Å²) < 4.78 is 21.2. The van der Waals surface area contributed by atoms with Gasteiger partial charge in [-0.25, -0.2) is 14.4 Å². The van der Waals surface area contributed by atoms with Crippen molar-refractivity contribution in [3.05, 3.63) is 102 Å². The van der Waals surface area contributed by atoms with Crippen LogP contribution in [0.3, 0.4) is 0 Å². The van der Waals surface area contributed by atoms with Crippen LogP contribution in [0.2, 0.25) is 5.02 Å². The minimum Gasteiger partial charge on any atom is -0.487 e. The van der Waals surface area contributed by atoms with Crippen molar-refractivity contribution in [2.45, 2.75) is 19.3 Å². The summed E-state index contributed by atoms with van der Waals surface area (Å²) in [5, 5.41) is 18.0. The number of piperazine rings is 1. The molecule has 0 saturated carbocycles. The Hall–Kier alpha value is -4.51. The van der Waals surface area contributed by atoms with Crippen LogP contribution in [0.4, 0.5) is 15.9 Å². The van der Waals surface area contributed by atoms with Crippen molar-refractivity contribution in [2.75, 3.05) is 31.5 Å². The van der Waals surface area contributed by atoms with Crippen molar-refractivity contribution in [1.82, 2.24) is 24.8 Å². The third-order valence-corrected chi connectivity index (χ3v) is 7.50. The third-order valence-electron chi connectivity index (χ3n) is 7.21. The molecule has 1 atom stereocenters. The van der Waals surface area contributed by atoms with Gasteiger partial charge in [-0.1, -0.05) is 29.8 Å². The third kappa shape index (κ3) is 7.11. The summed E-state index contributed by atoms with van der Waals surface area (Å²) in [4.78, 5) is 22.5. The maximum absolute atomic E-state index is 13.5. The molecular weight excluding hydrogens is 571 g/mol. The van der Waals surface area contributed by atoms with Crippen molar-refractivity contribution in [2.24, 2.45) is 0 Å². The number of ether oxygens (including phenoxy) is 1. The van der Waals surface area contributed by atoms with E-state index in [9.17, 15) is 14.3 Å². The first-order valence-electron chi connectivity index (χ1n) is 13.9. The molecule has 11 heteroatoms. The van der Waals surface area contributed by atoms with Crippen molar-refractivity contribution < 1.29 is 19.0 Å².